The third kappa shape index (κ3) is 2.53. The van der Waals surface area contributed by atoms with Crippen LogP contribution in [0.3, 0.4) is 0 Å². The fraction of sp³-hybridized carbons (Fsp3) is 0.111. The smallest absolute Gasteiger partial charge is 0.265 e. The Morgan fingerprint density at radius 3 is 2.48 bits per heavy atom. The van der Waals surface area contributed by atoms with Crippen molar-refractivity contribution < 1.29 is 13.3 Å². The Labute approximate surface area is 144 Å². The molecule has 0 N–H and O–H groups in total. The first kappa shape index (κ1) is 15.6. The highest BCUT2D eigenvalue weighted by atomic mass is 32.2. The maximum Gasteiger partial charge on any atom is 0.271 e. The molecule has 1 aliphatic rings. The largest absolute Gasteiger partial charge is 0.271 e. The molecule has 0 bridgehead atoms. The molecule has 1 heterocycles. The van der Waals surface area contributed by atoms with Crippen LogP contribution in [0, 0.1) is 10.1 Å². The first-order valence-electron chi connectivity index (χ1n) is 7.76. The number of rotatable bonds is 3. The van der Waals surface area contributed by atoms with Crippen molar-refractivity contribution in [3.05, 3.63) is 76.3 Å². The molecule has 0 amide bonds. The van der Waals surface area contributed by atoms with Crippen LogP contribution in [0.1, 0.15) is 5.56 Å². The summed E-state index contributed by atoms with van der Waals surface area (Å²) in [5.74, 6) is 0. The SMILES string of the molecule is O=[N+]([O-])c1ccc2c(c1)N(S(=O)(=O)c1ccc3ccccc3c1)CC2. The van der Waals surface area contributed by atoms with Gasteiger partial charge in [0.15, 0.2) is 0 Å². The van der Waals surface area contributed by atoms with Crippen molar-refractivity contribution in [3.8, 4) is 0 Å². The monoisotopic (exact) mass is 354 g/mol. The van der Waals surface area contributed by atoms with E-state index in [1.807, 2.05) is 24.3 Å². The van der Waals surface area contributed by atoms with E-state index in [0.717, 1.165) is 16.3 Å². The van der Waals surface area contributed by atoms with Crippen LogP contribution >= 0.6 is 0 Å². The van der Waals surface area contributed by atoms with Crippen LogP contribution in [0.5, 0.6) is 0 Å². The summed E-state index contributed by atoms with van der Waals surface area (Å²) in [5.41, 5.74) is 1.08. The van der Waals surface area contributed by atoms with Crippen LogP contribution in [0.4, 0.5) is 11.4 Å². The number of hydrogen-bond acceptors (Lipinski definition) is 4. The Morgan fingerprint density at radius 1 is 0.960 bits per heavy atom. The second-order valence-electron chi connectivity index (χ2n) is 5.91. The first-order valence-corrected chi connectivity index (χ1v) is 9.20. The molecular formula is C18H14N2O4S. The lowest BCUT2D eigenvalue weighted by Gasteiger charge is -2.19. The van der Waals surface area contributed by atoms with Crippen LogP contribution in [-0.2, 0) is 16.4 Å². The molecule has 0 fully saturated rings. The molecule has 7 heteroatoms. The fourth-order valence-electron chi connectivity index (χ4n) is 3.16. The molecule has 3 aromatic carbocycles. The molecule has 0 saturated heterocycles. The van der Waals surface area contributed by atoms with Gasteiger partial charge in [-0.1, -0.05) is 36.4 Å². The molecule has 0 aromatic heterocycles. The van der Waals surface area contributed by atoms with Gasteiger partial charge in [0.05, 0.1) is 15.5 Å². The van der Waals surface area contributed by atoms with E-state index in [9.17, 15) is 18.5 Å². The molecule has 0 aliphatic carbocycles. The average molecular weight is 354 g/mol. The van der Waals surface area contributed by atoms with Crippen molar-refractivity contribution in [1.29, 1.82) is 0 Å². The van der Waals surface area contributed by atoms with Crippen molar-refractivity contribution in [2.75, 3.05) is 10.8 Å². The molecule has 0 atom stereocenters. The highest BCUT2D eigenvalue weighted by molar-refractivity contribution is 7.92. The quantitative estimate of drug-likeness (QED) is 0.532. The third-order valence-corrected chi connectivity index (χ3v) is 6.25. The summed E-state index contributed by atoms with van der Waals surface area (Å²) in [5, 5.41) is 12.8. The van der Waals surface area contributed by atoms with Gasteiger partial charge in [0, 0.05) is 18.7 Å². The topological polar surface area (TPSA) is 80.5 Å². The lowest BCUT2D eigenvalue weighted by atomic mass is 10.1. The Kier molecular flexibility index (Phi) is 3.47. The van der Waals surface area contributed by atoms with Gasteiger partial charge in [0.1, 0.15) is 0 Å². The number of non-ortho nitro benzene ring substituents is 1. The molecule has 0 radical (unpaired) electrons. The standard InChI is InChI=1S/C18H14N2O4S/c21-20(22)16-7-5-14-9-10-19(18(14)12-16)25(23,24)17-8-6-13-3-1-2-4-15(13)11-17/h1-8,11-12H,9-10H2. The normalized spacial score (nSPS) is 13.8. The predicted molar refractivity (Wildman–Crippen MR) is 95.3 cm³/mol. The molecule has 0 unspecified atom stereocenters. The van der Waals surface area contributed by atoms with Crippen molar-refractivity contribution in [1.82, 2.24) is 0 Å². The molecular weight excluding hydrogens is 340 g/mol. The van der Waals surface area contributed by atoms with Gasteiger partial charge in [-0.2, -0.15) is 0 Å². The van der Waals surface area contributed by atoms with Gasteiger partial charge in [-0.05, 0) is 34.9 Å². The summed E-state index contributed by atoms with van der Waals surface area (Å²) in [6.45, 7) is 0.283. The highest BCUT2D eigenvalue weighted by Gasteiger charge is 2.32. The Balaban J connectivity index is 1.81. The maximum absolute atomic E-state index is 13.1. The zero-order chi connectivity index (χ0) is 17.6. The van der Waals surface area contributed by atoms with E-state index in [2.05, 4.69) is 0 Å². The van der Waals surface area contributed by atoms with Crippen molar-refractivity contribution in [2.24, 2.45) is 0 Å². The molecule has 0 spiro atoms. The zero-order valence-electron chi connectivity index (χ0n) is 13.1. The summed E-state index contributed by atoms with van der Waals surface area (Å²) in [6, 6.07) is 16.9. The van der Waals surface area contributed by atoms with Gasteiger partial charge >= 0.3 is 0 Å². The summed E-state index contributed by atoms with van der Waals surface area (Å²) < 4.78 is 27.4. The van der Waals surface area contributed by atoms with E-state index in [0.29, 0.717) is 12.1 Å². The number of sulfonamides is 1. The van der Waals surface area contributed by atoms with Gasteiger partial charge < -0.3 is 0 Å². The van der Waals surface area contributed by atoms with E-state index < -0.39 is 14.9 Å². The van der Waals surface area contributed by atoms with Gasteiger partial charge in [-0.15, -0.1) is 0 Å². The van der Waals surface area contributed by atoms with Crippen LogP contribution in [0.25, 0.3) is 10.8 Å². The number of nitro benzene ring substituents is 1. The number of nitrogens with zero attached hydrogens (tertiary/aromatic N) is 2. The van der Waals surface area contributed by atoms with E-state index in [1.54, 1.807) is 24.3 Å². The van der Waals surface area contributed by atoms with Crippen LogP contribution in [0.2, 0.25) is 0 Å². The number of nitro groups is 1. The molecule has 0 saturated carbocycles. The lowest BCUT2D eigenvalue weighted by molar-refractivity contribution is -0.384. The van der Waals surface area contributed by atoms with E-state index in [-0.39, 0.29) is 17.1 Å². The summed E-state index contributed by atoms with van der Waals surface area (Å²) in [4.78, 5) is 10.7. The molecule has 1 aliphatic heterocycles. The van der Waals surface area contributed by atoms with Crippen molar-refractivity contribution >= 4 is 32.2 Å². The molecule has 126 valence electrons. The molecule has 25 heavy (non-hydrogen) atoms. The Hall–Kier alpha value is -2.93. The maximum atomic E-state index is 13.1. The predicted octanol–water partition coefficient (Wildman–Crippen LogP) is 3.50. The summed E-state index contributed by atoms with van der Waals surface area (Å²) in [7, 11) is -3.78. The van der Waals surface area contributed by atoms with Gasteiger partial charge in [-0.3, -0.25) is 14.4 Å². The van der Waals surface area contributed by atoms with Crippen LogP contribution in [0.15, 0.2) is 65.6 Å². The number of benzene rings is 3. The number of anilines is 1. The number of hydrogen-bond donors (Lipinski definition) is 0. The van der Waals surface area contributed by atoms with E-state index >= 15 is 0 Å². The highest BCUT2D eigenvalue weighted by Crippen LogP contribution is 2.36. The zero-order valence-corrected chi connectivity index (χ0v) is 13.9. The summed E-state index contributed by atoms with van der Waals surface area (Å²) >= 11 is 0. The summed E-state index contributed by atoms with van der Waals surface area (Å²) in [6.07, 6.45) is 0.542. The average Bonchev–Trinajstić information content (AvgIpc) is 3.05. The second kappa shape index (κ2) is 5.56. The second-order valence-corrected chi connectivity index (χ2v) is 7.77. The van der Waals surface area contributed by atoms with Crippen LogP contribution in [-0.4, -0.2) is 19.9 Å². The Morgan fingerprint density at radius 2 is 1.72 bits per heavy atom. The van der Waals surface area contributed by atoms with E-state index in [4.69, 9.17) is 0 Å². The minimum absolute atomic E-state index is 0.112. The van der Waals surface area contributed by atoms with Crippen molar-refractivity contribution in [2.45, 2.75) is 11.3 Å². The van der Waals surface area contributed by atoms with Gasteiger partial charge in [-0.25, -0.2) is 8.42 Å². The number of fused-ring (bicyclic) bond motifs is 2. The van der Waals surface area contributed by atoms with E-state index in [1.165, 1.54) is 16.4 Å². The van der Waals surface area contributed by atoms with Crippen LogP contribution < -0.4 is 4.31 Å². The molecule has 6 nitrogen and oxygen atoms in total. The Bertz CT molecular complexity index is 1110. The van der Waals surface area contributed by atoms with Crippen molar-refractivity contribution in [3.63, 3.8) is 0 Å². The van der Waals surface area contributed by atoms with Gasteiger partial charge in [0.25, 0.3) is 15.7 Å². The first-order chi connectivity index (χ1) is 12.0. The minimum atomic E-state index is -3.78. The third-order valence-electron chi connectivity index (χ3n) is 4.44. The molecule has 3 aromatic rings. The lowest BCUT2D eigenvalue weighted by Crippen LogP contribution is -2.29. The van der Waals surface area contributed by atoms with Gasteiger partial charge in [0.2, 0.25) is 0 Å². The fourth-order valence-corrected chi connectivity index (χ4v) is 4.69. The molecule has 4 rings (SSSR count). The minimum Gasteiger partial charge on any atom is -0.265 e.